The fourth-order valence-corrected chi connectivity index (χ4v) is 3.62. The second-order valence-electron chi connectivity index (χ2n) is 5.18. The van der Waals surface area contributed by atoms with Crippen LogP contribution in [0.3, 0.4) is 0 Å². The van der Waals surface area contributed by atoms with Gasteiger partial charge in [-0.15, -0.1) is 11.3 Å². The van der Waals surface area contributed by atoms with Crippen LogP contribution in [0.15, 0.2) is 35.7 Å². The molecule has 1 saturated heterocycles. The van der Waals surface area contributed by atoms with Gasteiger partial charge in [0, 0.05) is 17.0 Å². The number of thiophene rings is 1. The standard InChI is InChI=1S/C16H15NO3S/c18-16(17-6-5-12(17)15-2-1-9-21-15)11-3-4-13-14(10-11)20-8-7-19-13/h1-4,9-10,12H,5-8H2. The summed E-state index contributed by atoms with van der Waals surface area (Å²) in [5, 5.41) is 2.06. The highest BCUT2D eigenvalue weighted by Crippen LogP contribution is 2.38. The van der Waals surface area contributed by atoms with Crippen molar-refractivity contribution in [2.45, 2.75) is 12.5 Å². The van der Waals surface area contributed by atoms with Gasteiger partial charge in [-0.1, -0.05) is 6.07 Å². The second kappa shape index (κ2) is 5.07. The number of likely N-dealkylation sites (tertiary alicyclic amines) is 1. The van der Waals surface area contributed by atoms with Crippen molar-refractivity contribution in [2.75, 3.05) is 19.8 Å². The monoisotopic (exact) mass is 301 g/mol. The Morgan fingerprint density at radius 2 is 2.05 bits per heavy atom. The molecule has 0 spiro atoms. The number of carbonyl (C=O) groups is 1. The summed E-state index contributed by atoms with van der Waals surface area (Å²) < 4.78 is 11.0. The van der Waals surface area contributed by atoms with E-state index in [1.165, 1.54) is 4.88 Å². The molecule has 1 amide bonds. The first kappa shape index (κ1) is 12.7. The molecule has 5 heteroatoms. The first-order valence-electron chi connectivity index (χ1n) is 7.07. The van der Waals surface area contributed by atoms with Gasteiger partial charge < -0.3 is 14.4 Å². The third-order valence-electron chi connectivity index (χ3n) is 3.94. The molecular formula is C16H15NO3S. The molecular weight excluding hydrogens is 286 g/mol. The summed E-state index contributed by atoms with van der Waals surface area (Å²) >= 11 is 1.71. The normalized spacial score (nSPS) is 20.0. The van der Waals surface area contributed by atoms with E-state index >= 15 is 0 Å². The van der Waals surface area contributed by atoms with Crippen LogP contribution >= 0.6 is 11.3 Å². The summed E-state index contributed by atoms with van der Waals surface area (Å²) in [5.41, 5.74) is 0.667. The van der Waals surface area contributed by atoms with Crippen molar-refractivity contribution in [1.29, 1.82) is 0 Å². The molecule has 0 bridgehead atoms. The average Bonchev–Trinajstić information content (AvgIpc) is 2.99. The van der Waals surface area contributed by atoms with Gasteiger partial charge in [-0.05, 0) is 36.1 Å². The Kier molecular flexibility index (Phi) is 3.07. The molecule has 1 aromatic carbocycles. The van der Waals surface area contributed by atoms with E-state index in [9.17, 15) is 4.79 Å². The van der Waals surface area contributed by atoms with Crippen molar-refractivity contribution in [3.8, 4) is 11.5 Å². The Morgan fingerprint density at radius 3 is 2.76 bits per heavy atom. The van der Waals surface area contributed by atoms with E-state index in [1.807, 2.05) is 23.1 Å². The zero-order valence-electron chi connectivity index (χ0n) is 11.5. The summed E-state index contributed by atoms with van der Waals surface area (Å²) in [6, 6.07) is 9.79. The molecule has 4 nitrogen and oxygen atoms in total. The lowest BCUT2D eigenvalue weighted by molar-refractivity contribution is 0.0467. The molecule has 0 N–H and O–H groups in total. The van der Waals surface area contributed by atoms with Gasteiger partial charge in [-0.25, -0.2) is 0 Å². The summed E-state index contributed by atoms with van der Waals surface area (Å²) in [7, 11) is 0. The van der Waals surface area contributed by atoms with Crippen LogP contribution in [0.1, 0.15) is 27.7 Å². The molecule has 1 fully saturated rings. The van der Waals surface area contributed by atoms with Crippen LogP contribution in [0.25, 0.3) is 0 Å². The van der Waals surface area contributed by atoms with Crippen molar-refractivity contribution >= 4 is 17.2 Å². The molecule has 0 aliphatic carbocycles. The number of amides is 1. The molecule has 2 aliphatic heterocycles. The lowest BCUT2D eigenvalue weighted by Gasteiger charge is -2.40. The van der Waals surface area contributed by atoms with Gasteiger partial charge in [0.05, 0.1) is 6.04 Å². The van der Waals surface area contributed by atoms with Gasteiger partial charge in [-0.3, -0.25) is 4.79 Å². The van der Waals surface area contributed by atoms with E-state index < -0.39 is 0 Å². The van der Waals surface area contributed by atoms with E-state index in [2.05, 4.69) is 11.4 Å². The van der Waals surface area contributed by atoms with Crippen molar-refractivity contribution in [3.63, 3.8) is 0 Å². The van der Waals surface area contributed by atoms with Gasteiger partial charge in [0.1, 0.15) is 13.2 Å². The zero-order chi connectivity index (χ0) is 14.2. The third kappa shape index (κ3) is 2.17. The molecule has 4 rings (SSSR count). The average molecular weight is 301 g/mol. The maximum atomic E-state index is 12.7. The third-order valence-corrected chi connectivity index (χ3v) is 4.91. The van der Waals surface area contributed by atoms with E-state index in [1.54, 1.807) is 17.4 Å². The fraction of sp³-hybridized carbons (Fsp3) is 0.312. The molecule has 0 saturated carbocycles. The predicted molar refractivity (Wildman–Crippen MR) is 80.1 cm³/mol. The maximum absolute atomic E-state index is 12.7. The molecule has 0 radical (unpaired) electrons. The maximum Gasteiger partial charge on any atom is 0.254 e. The Labute approximate surface area is 126 Å². The lowest BCUT2D eigenvalue weighted by atomic mass is 9.99. The van der Waals surface area contributed by atoms with E-state index in [0.29, 0.717) is 24.5 Å². The first-order chi connectivity index (χ1) is 10.3. The van der Waals surface area contributed by atoms with Gasteiger partial charge in [0.2, 0.25) is 0 Å². The van der Waals surface area contributed by atoms with Crippen LogP contribution in [0, 0.1) is 0 Å². The minimum atomic E-state index is 0.0663. The zero-order valence-corrected chi connectivity index (χ0v) is 12.3. The van der Waals surface area contributed by atoms with Crippen LogP contribution in [0.2, 0.25) is 0 Å². The SMILES string of the molecule is O=C(c1ccc2c(c1)OCCO2)N1CCC1c1cccs1. The fourth-order valence-electron chi connectivity index (χ4n) is 2.75. The van der Waals surface area contributed by atoms with Crippen molar-refractivity contribution in [1.82, 2.24) is 4.90 Å². The van der Waals surface area contributed by atoms with Crippen LogP contribution in [-0.2, 0) is 0 Å². The molecule has 1 atom stereocenters. The highest BCUT2D eigenvalue weighted by molar-refractivity contribution is 7.10. The first-order valence-corrected chi connectivity index (χ1v) is 7.95. The minimum Gasteiger partial charge on any atom is -0.486 e. The number of ether oxygens (including phenoxy) is 2. The quantitative estimate of drug-likeness (QED) is 0.855. The number of nitrogens with zero attached hydrogens (tertiary/aromatic N) is 1. The van der Waals surface area contributed by atoms with Gasteiger partial charge in [0.15, 0.2) is 11.5 Å². The molecule has 2 aliphatic rings. The largest absolute Gasteiger partial charge is 0.486 e. The Balaban J connectivity index is 1.57. The van der Waals surface area contributed by atoms with Gasteiger partial charge >= 0.3 is 0 Å². The Hall–Kier alpha value is -2.01. The van der Waals surface area contributed by atoms with Crippen LogP contribution in [-0.4, -0.2) is 30.6 Å². The summed E-state index contributed by atoms with van der Waals surface area (Å²) in [5.74, 6) is 1.45. The Bertz CT molecular complexity index is 668. The van der Waals surface area contributed by atoms with Crippen LogP contribution in [0.4, 0.5) is 0 Å². The number of hydrogen-bond donors (Lipinski definition) is 0. The van der Waals surface area contributed by atoms with Gasteiger partial charge in [0.25, 0.3) is 5.91 Å². The molecule has 21 heavy (non-hydrogen) atoms. The smallest absolute Gasteiger partial charge is 0.254 e. The van der Waals surface area contributed by atoms with Crippen LogP contribution < -0.4 is 9.47 Å². The van der Waals surface area contributed by atoms with Gasteiger partial charge in [-0.2, -0.15) is 0 Å². The van der Waals surface area contributed by atoms with Crippen molar-refractivity contribution in [2.24, 2.45) is 0 Å². The number of carbonyl (C=O) groups excluding carboxylic acids is 1. The minimum absolute atomic E-state index is 0.0663. The number of hydrogen-bond acceptors (Lipinski definition) is 4. The van der Waals surface area contributed by atoms with Crippen LogP contribution in [0.5, 0.6) is 11.5 Å². The second-order valence-corrected chi connectivity index (χ2v) is 6.16. The molecule has 108 valence electrons. The highest BCUT2D eigenvalue weighted by atomic mass is 32.1. The molecule has 1 unspecified atom stereocenters. The summed E-state index contributed by atoms with van der Waals surface area (Å²) in [4.78, 5) is 15.8. The lowest BCUT2D eigenvalue weighted by Crippen LogP contribution is -2.44. The number of benzene rings is 1. The predicted octanol–water partition coefficient (Wildman–Crippen LogP) is 3.11. The van der Waals surface area contributed by atoms with E-state index in [4.69, 9.17) is 9.47 Å². The molecule has 3 heterocycles. The van der Waals surface area contributed by atoms with E-state index in [-0.39, 0.29) is 11.9 Å². The summed E-state index contributed by atoms with van der Waals surface area (Å²) in [6.07, 6.45) is 1.04. The Morgan fingerprint density at radius 1 is 1.19 bits per heavy atom. The van der Waals surface area contributed by atoms with Crippen molar-refractivity contribution in [3.05, 3.63) is 46.2 Å². The summed E-state index contributed by atoms with van der Waals surface area (Å²) in [6.45, 7) is 1.91. The number of fused-ring (bicyclic) bond motifs is 1. The topological polar surface area (TPSA) is 38.8 Å². The highest BCUT2D eigenvalue weighted by Gasteiger charge is 2.34. The molecule has 2 aromatic rings. The van der Waals surface area contributed by atoms with E-state index in [0.717, 1.165) is 18.7 Å². The van der Waals surface area contributed by atoms with Crippen molar-refractivity contribution < 1.29 is 14.3 Å². The number of rotatable bonds is 2. The molecule has 1 aromatic heterocycles.